The second-order valence-electron chi connectivity index (χ2n) is 6.11. The Morgan fingerprint density at radius 3 is 1.89 bits per heavy atom. The van der Waals surface area contributed by atoms with Gasteiger partial charge in [0, 0.05) is 5.54 Å². The van der Waals surface area contributed by atoms with Crippen molar-refractivity contribution < 1.29 is 0 Å². The number of nitrogens with two attached hydrogens (primary N) is 2. The third kappa shape index (κ3) is 6.72. The maximum atomic E-state index is 5.28. The quantitative estimate of drug-likeness (QED) is 0.744. The lowest BCUT2D eigenvalue weighted by atomic mass is 9.81. The van der Waals surface area contributed by atoms with Crippen LogP contribution in [-0.2, 0) is 0 Å². The molecule has 0 aromatic heterocycles. The highest BCUT2D eigenvalue weighted by molar-refractivity contribution is 4.88. The number of piperidine rings is 1. The van der Waals surface area contributed by atoms with Crippen LogP contribution in [0.4, 0.5) is 0 Å². The van der Waals surface area contributed by atoms with Crippen LogP contribution < -0.4 is 11.5 Å². The summed E-state index contributed by atoms with van der Waals surface area (Å²) in [5.74, 6) is 0.853. The fourth-order valence-electron chi connectivity index (χ4n) is 2.29. The molecule has 1 fully saturated rings. The predicted molar refractivity (Wildman–Crippen MR) is 81.7 cm³/mol. The topological polar surface area (TPSA) is 55.3 Å². The van der Waals surface area contributed by atoms with Crippen LogP contribution in [0.15, 0.2) is 0 Å². The normalized spacial score (nSPS) is 23.3. The van der Waals surface area contributed by atoms with Crippen molar-refractivity contribution in [2.24, 2.45) is 17.4 Å². The molecule has 0 radical (unpaired) electrons. The number of likely N-dealkylation sites (tertiary alicyclic amines) is 1. The van der Waals surface area contributed by atoms with E-state index >= 15 is 0 Å². The van der Waals surface area contributed by atoms with Gasteiger partial charge in [0.15, 0.2) is 0 Å². The molecule has 0 amide bonds. The molecule has 3 nitrogen and oxygen atoms in total. The molecule has 1 atom stereocenters. The van der Waals surface area contributed by atoms with Crippen LogP contribution in [0, 0.1) is 5.92 Å². The standard InChI is InChI=1S/C9H19N.C6H16N2/c1-8-6-5-7-10(4)9(8,2)3;7-5-3-1-2-4-6-8/h8H,5-7H2,1-4H3;1-8H2. The van der Waals surface area contributed by atoms with Crippen molar-refractivity contribution in [2.75, 3.05) is 26.7 Å². The second kappa shape index (κ2) is 9.76. The largest absolute Gasteiger partial charge is 0.330 e. The van der Waals surface area contributed by atoms with E-state index in [2.05, 4.69) is 32.7 Å². The lowest BCUT2D eigenvalue weighted by molar-refractivity contribution is 0.0547. The number of unbranched alkanes of at least 4 members (excludes halogenated alkanes) is 3. The van der Waals surface area contributed by atoms with Crippen LogP contribution in [0.5, 0.6) is 0 Å². The first-order valence-corrected chi connectivity index (χ1v) is 7.58. The smallest absolute Gasteiger partial charge is 0.0175 e. The van der Waals surface area contributed by atoms with E-state index in [1.54, 1.807) is 0 Å². The van der Waals surface area contributed by atoms with E-state index in [1.807, 2.05) is 0 Å². The van der Waals surface area contributed by atoms with Gasteiger partial charge in [-0.3, -0.25) is 0 Å². The molecule has 1 rings (SSSR count). The van der Waals surface area contributed by atoms with Crippen LogP contribution in [-0.4, -0.2) is 37.1 Å². The fraction of sp³-hybridized carbons (Fsp3) is 1.00. The first-order valence-electron chi connectivity index (χ1n) is 7.58. The maximum absolute atomic E-state index is 5.28. The zero-order chi connectivity index (χ0) is 14.0. The molecule has 0 bridgehead atoms. The summed E-state index contributed by atoms with van der Waals surface area (Å²) in [6.07, 6.45) is 7.57. The minimum absolute atomic E-state index is 0.429. The van der Waals surface area contributed by atoms with Gasteiger partial charge in [0.2, 0.25) is 0 Å². The van der Waals surface area contributed by atoms with Crippen molar-refractivity contribution in [3.8, 4) is 0 Å². The van der Waals surface area contributed by atoms with Gasteiger partial charge in [-0.2, -0.15) is 0 Å². The van der Waals surface area contributed by atoms with E-state index in [-0.39, 0.29) is 0 Å². The number of hydrogen-bond acceptors (Lipinski definition) is 3. The number of rotatable bonds is 5. The Morgan fingerprint density at radius 2 is 1.56 bits per heavy atom. The maximum Gasteiger partial charge on any atom is 0.0175 e. The average Bonchev–Trinajstić information content (AvgIpc) is 2.33. The molecule has 1 aliphatic rings. The predicted octanol–water partition coefficient (Wildman–Crippen LogP) is 2.59. The highest BCUT2D eigenvalue weighted by Gasteiger charge is 2.32. The summed E-state index contributed by atoms with van der Waals surface area (Å²) in [6, 6.07) is 0. The van der Waals surface area contributed by atoms with Gasteiger partial charge >= 0.3 is 0 Å². The molecule has 1 heterocycles. The molecule has 0 saturated carbocycles. The number of nitrogens with zero attached hydrogens (tertiary/aromatic N) is 1. The molecule has 18 heavy (non-hydrogen) atoms. The van der Waals surface area contributed by atoms with E-state index in [1.165, 1.54) is 32.2 Å². The van der Waals surface area contributed by atoms with Gasteiger partial charge in [-0.25, -0.2) is 0 Å². The Labute approximate surface area is 114 Å². The number of hydrogen-bond donors (Lipinski definition) is 2. The molecule has 0 spiro atoms. The van der Waals surface area contributed by atoms with Gasteiger partial charge in [-0.1, -0.05) is 19.8 Å². The van der Waals surface area contributed by atoms with Gasteiger partial charge in [-0.05, 0) is 72.1 Å². The van der Waals surface area contributed by atoms with Gasteiger partial charge in [0.25, 0.3) is 0 Å². The second-order valence-corrected chi connectivity index (χ2v) is 6.11. The van der Waals surface area contributed by atoms with E-state index in [0.29, 0.717) is 5.54 Å². The van der Waals surface area contributed by atoms with Crippen molar-refractivity contribution in [1.29, 1.82) is 0 Å². The van der Waals surface area contributed by atoms with Crippen molar-refractivity contribution >= 4 is 0 Å². The lowest BCUT2D eigenvalue weighted by Crippen LogP contribution is -2.49. The van der Waals surface area contributed by atoms with Gasteiger partial charge in [-0.15, -0.1) is 0 Å². The summed E-state index contributed by atoms with van der Waals surface area (Å²) in [6.45, 7) is 9.97. The molecule has 0 aliphatic carbocycles. The van der Waals surface area contributed by atoms with Crippen molar-refractivity contribution in [1.82, 2.24) is 4.90 Å². The highest BCUT2D eigenvalue weighted by Crippen LogP contribution is 2.30. The molecule has 110 valence electrons. The SMILES string of the molecule is CC1CCCN(C)C1(C)C.NCCCCCCN. The molecule has 1 unspecified atom stereocenters. The molecule has 1 saturated heterocycles. The molecule has 4 N–H and O–H groups in total. The van der Waals surface area contributed by atoms with E-state index in [4.69, 9.17) is 11.5 Å². The molecule has 1 aliphatic heterocycles. The summed E-state index contributed by atoms with van der Waals surface area (Å²) in [4.78, 5) is 2.47. The Balaban J connectivity index is 0.000000331. The summed E-state index contributed by atoms with van der Waals surface area (Å²) in [5.41, 5.74) is 11.0. The molecule has 3 heteroatoms. The van der Waals surface area contributed by atoms with Crippen LogP contribution in [0.25, 0.3) is 0 Å². The molecular formula is C15H35N3. The van der Waals surface area contributed by atoms with Crippen molar-refractivity contribution in [3.63, 3.8) is 0 Å². The zero-order valence-corrected chi connectivity index (χ0v) is 13.0. The monoisotopic (exact) mass is 257 g/mol. The van der Waals surface area contributed by atoms with Gasteiger partial charge in [0.05, 0.1) is 0 Å². The highest BCUT2D eigenvalue weighted by atomic mass is 15.2. The van der Waals surface area contributed by atoms with Crippen molar-refractivity contribution in [3.05, 3.63) is 0 Å². The summed E-state index contributed by atoms with van der Waals surface area (Å²) in [7, 11) is 2.23. The van der Waals surface area contributed by atoms with Crippen molar-refractivity contribution in [2.45, 2.75) is 64.8 Å². The summed E-state index contributed by atoms with van der Waals surface area (Å²) < 4.78 is 0. The lowest BCUT2D eigenvalue weighted by Gasteiger charge is -2.44. The molecular weight excluding hydrogens is 222 g/mol. The third-order valence-corrected chi connectivity index (χ3v) is 4.48. The minimum atomic E-state index is 0.429. The molecule has 0 aromatic rings. The fourth-order valence-corrected chi connectivity index (χ4v) is 2.29. The average molecular weight is 257 g/mol. The third-order valence-electron chi connectivity index (χ3n) is 4.48. The summed E-state index contributed by atoms with van der Waals surface area (Å²) >= 11 is 0. The first kappa shape index (κ1) is 17.9. The Kier molecular flexibility index (Phi) is 9.70. The van der Waals surface area contributed by atoms with Gasteiger partial charge < -0.3 is 16.4 Å². The van der Waals surface area contributed by atoms with E-state index in [0.717, 1.165) is 31.8 Å². The summed E-state index contributed by atoms with van der Waals surface area (Å²) in [5, 5.41) is 0. The Morgan fingerprint density at radius 1 is 1.06 bits per heavy atom. The Hall–Kier alpha value is -0.120. The van der Waals surface area contributed by atoms with Crippen LogP contribution in [0.2, 0.25) is 0 Å². The van der Waals surface area contributed by atoms with Crippen LogP contribution in [0.1, 0.15) is 59.3 Å². The zero-order valence-electron chi connectivity index (χ0n) is 13.0. The first-order chi connectivity index (χ1) is 8.46. The Bertz CT molecular complexity index is 174. The van der Waals surface area contributed by atoms with Gasteiger partial charge in [0.1, 0.15) is 0 Å². The molecule has 0 aromatic carbocycles. The minimum Gasteiger partial charge on any atom is -0.330 e. The van der Waals surface area contributed by atoms with Crippen LogP contribution in [0.3, 0.4) is 0 Å². The van der Waals surface area contributed by atoms with E-state index < -0.39 is 0 Å². The van der Waals surface area contributed by atoms with E-state index in [9.17, 15) is 0 Å². The van der Waals surface area contributed by atoms with Crippen LogP contribution >= 0.6 is 0 Å².